The molecule has 0 aliphatic carbocycles. The molecule has 0 bridgehead atoms. The Bertz CT molecular complexity index is 1040. The van der Waals surface area contributed by atoms with E-state index in [1.165, 1.54) is 27.1 Å². The molecule has 1 saturated heterocycles. The predicted octanol–water partition coefficient (Wildman–Crippen LogP) is 2.16. The molecular formula is C19H22ClN3O4S. The van der Waals surface area contributed by atoms with Crippen LogP contribution in [-0.4, -0.2) is 55.5 Å². The predicted molar refractivity (Wildman–Crippen MR) is 106 cm³/mol. The monoisotopic (exact) mass is 423 g/mol. The quantitative estimate of drug-likeness (QED) is 0.754. The zero-order valence-electron chi connectivity index (χ0n) is 15.7. The van der Waals surface area contributed by atoms with Crippen molar-refractivity contribution in [2.45, 2.75) is 24.8 Å². The Morgan fingerprint density at radius 1 is 1.18 bits per heavy atom. The first-order valence-electron chi connectivity index (χ1n) is 8.94. The van der Waals surface area contributed by atoms with Gasteiger partial charge in [0, 0.05) is 25.3 Å². The summed E-state index contributed by atoms with van der Waals surface area (Å²) in [6, 6.07) is 9.38. The summed E-state index contributed by atoms with van der Waals surface area (Å²) >= 11 is 6.24. The molecule has 1 aliphatic rings. The molecule has 1 fully saturated rings. The first kappa shape index (κ1) is 20.7. The van der Waals surface area contributed by atoms with E-state index in [2.05, 4.69) is 4.99 Å². The lowest BCUT2D eigenvalue weighted by atomic mass is 10.2. The summed E-state index contributed by atoms with van der Waals surface area (Å²) in [5.41, 5.74) is 0.576. The third-order valence-corrected chi connectivity index (χ3v) is 6.45. The topological polar surface area (TPSA) is 81.0 Å². The number of nitrogens with zero attached hydrogens (tertiary/aromatic N) is 3. The molecule has 7 nitrogen and oxygen atoms in total. The minimum absolute atomic E-state index is 0.00930. The van der Waals surface area contributed by atoms with E-state index in [-0.39, 0.29) is 34.6 Å². The molecule has 0 atom stereocenters. The summed E-state index contributed by atoms with van der Waals surface area (Å²) in [6.07, 6.45) is 1.59. The van der Waals surface area contributed by atoms with Crippen molar-refractivity contribution in [3.63, 3.8) is 0 Å². The van der Waals surface area contributed by atoms with Crippen LogP contribution in [0.25, 0.3) is 0 Å². The molecule has 0 unspecified atom stereocenters. The number of rotatable bonds is 4. The van der Waals surface area contributed by atoms with E-state index in [0.717, 1.165) is 0 Å². The Hall–Kier alpha value is -2.00. The fourth-order valence-electron chi connectivity index (χ4n) is 2.87. The van der Waals surface area contributed by atoms with Gasteiger partial charge in [0.15, 0.2) is 0 Å². The van der Waals surface area contributed by atoms with E-state index in [0.29, 0.717) is 18.7 Å². The number of carbonyl (C=O) groups is 1. The highest BCUT2D eigenvalue weighted by atomic mass is 35.5. The van der Waals surface area contributed by atoms with Crippen LogP contribution in [0.1, 0.15) is 24.2 Å². The standard InChI is InChI=1S/C19H22ClN3O4S/c1-14(2)21-18-5-3-4-8-23(18)19(24)16-13-15(6-7-17(16)20)28(25,26)22-9-11-27-12-10-22/h3-8,13-14H,9-12H2,1-2H3. The van der Waals surface area contributed by atoms with Crippen LogP contribution in [-0.2, 0) is 14.8 Å². The minimum atomic E-state index is -3.74. The van der Waals surface area contributed by atoms with Crippen LogP contribution in [0.3, 0.4) is 0 Å². The number of carbonyl (C=O) groups excluding carboxylic acids is 1. The van der Waals surface area contributed by atoms with E-state index in [1.807, 2.05) is 13.8 Å². The number of sulfonamides is 1. The number of ether oxygens (including phenoxy) is 1. The van der Waals surface area contributed by atoms with Crippen molar-refractivity contribution in [3.8, 4) is 0 Å². The van der Waals surface area contributed by atoms with Gasteiger partial charge in [-0.1, -0.05) is 17.7 Å². The fraction of sp³-hybridized carbons (Fsp3) is 0.368. The maximum Gasteiger partial charge on any atom is 0.265 e. The third-order valence-electron chi connectivity index (χ3n) is 4.22. The Balaban J connectivity index is 2.05. The number of halogens is 1. The molecule has 0 spiro atoms. The highest BCUT2D eigenvalue weighted by Crippen LogP contribution is 2.24. The average Bonchev–Trinajstić information content (AvgIpc) is 2.68. The molecule has 3 rings (SSSR count). The molecule has 0 saturated carbocycles. The first-order chi connectivity index (χ1) is 13.3. The number of hydrogen-bond donors (Lipinski definition) is 0. The van der Waals surface area contributed by atoms with Crippen molar-refractivity contribution in [3.05, 3.63) is 58.7 Å². The molecule has 0 radical (unpaired) electrons. The van der Waals surface area contributed by atoms with Gasteiger partial charge in [0.25, 0.3) is 5.91 Å². The van der Waals surface area contributed by atoms with Crippen molar-refractivity contribution in [1.82, 2.24) is 8.87 Å². The molecule has 2 aromatic rings. The highest BCUT2D eigenvalue weighted by molar-refractivity contribution is 7.89. The second-order valence-electron chi connectivity index (χ2n) is 6.61. The van der Waals surface area contributed by atoms with Crippen LogP contribution >= 0.6 is 11.6 Å². The molecule has 28 heavy (non-hydrogen) atoms. The van der Waals surface area contributed by atoms with Crippen molar-refractivity contribution in [2.24, 2.45) is 4.99 Å². The lowest BCUT2D eigenvalue weighted by Gasteiger charge is -2.26. The minimum Gasteiger partial charge on any atom is -0.379 e. The number of aromatic nitrogens is 1. The number of hydrogen-bond acceptors (Lipinski definition) is 5. The maximum atomic E-state index is 13.1. The molecular weight excluding hydrogens is 402 g/mol. The van der Waals surface area contributed by atoms with Gasteiger partial charge in [-0.15, -0.1) is 0 Å². The smallest absolute Gasteiger partial charge is 0.265 e. The lowest BCUT2D eigenvalue weighted by Crippen LogP contribution is -2.40. The Kier molecular flexibility index (Phi) is 6.34. The largest absolute Gasteiger partial charge is 0.379 e. The molecule has 150 valence electrons. The van der Waals surface area contributed by atoms with Crippen LogP contribution in [0.2, 0.25) is 5.02 Å². The van der Waals surface area contributed by atoms with Crippen LogP contribution < -0.4 is 5.49 Å². The third kappa shape index (κ3) is 4.35. The lowest BCUT2D eigenvalue weighted by molar-refractivity contribution is 0.0730. The molecule has 0 amide bonds. The van der Waals surface area contributed by atoms with Gasteiger partial charge >= 0.3 is 0 Å². The molecule has 1 aromatic carbocycles. The Labute approximate surface area is 169 Å². The average molecular weight is 424 g/mol. The highest BCUT2D eigenvalue weighted by Gasteiger charge is 2.27. The molecule has 9 heteroatoms. The second kappa shape index (κ2) is 8.57. The van der Waals surface area contributed by atoms with Crippen LogP contribution in [0.5, 0.6) is 0 Å². The maximum absolute atomic E-state index is 13.1. The number of benzene rings is 1. The number of morpholine rings is 1. The van der Waals surface area contributed by atoms with Crippen LogP contribution in [0, 0.1) is 0 Å². The Morgan fingerprint density at radius 3 is 2.57 bits per heavy atom. The van der Waals surface area contributed by atoms with Gasteiger partial charge in [-0.2, -0.15) is 4.31 Å². The van der Waals surface area contributed by atoms with Gasteiger partial charge < -0.3 is 4.74 Å². The summed E-state index contributed by atoms with van der Waals surface area (Å²) in [7, 11) is -3.74. The molecule has 1 aromatic heterocycles. The Morgan fingerprint density at radius 2 is 1.89 bits per heavy atom. The van der Waals surface area contributed by atoms with Gasteiger partial charge in [-0.05, 0) is 44.2 Å². The van der Waals surface area contributed by atoms with Gasteiger partial charge in [-0.25, -0.2) is 8.42 Å². The second-order valence-corrected chi connectivity index (χ2v) is 8.96. The zero-order valence-corrected chi connectivity index (χ0v) is 17.3. The van der Waals surface area contributed by atoms with Gasteiger partial charge in [0.05, 0.1) is 28.7 Å². The van der Waals surface area contributed by atoms with E-state index in [1.54, 1.807) is 24.4 Å². The van der Waals surface area contributed by atoms with Crippen LogP contribution in [0.15, 0.2) is 52.5 Å². The van der Waals surface area contributed by atoms with Gasteiger partial charge in [0.1, 0.15) is 5.49 Å². The SMILES string of the molecule is CC(C)N=c1ccccn1C(=O)c1cc(S(=O)(=O)N2CCOCC2)ccc1Cl. The zero-order chi connectivity index (χ0) is 20.3. The fourth-order valence-corrected chi connectivity index (χ4v) is 4.50. The van der Waals surface area contributed by atoms with E-state index in [9.17, 15) is 13.2 Å². The molecule has 0 N–H and O–H groups in total. The number of pyridine rings is 1. The van der Waals surface area contributed by atoms with Gasteiger partial charge in [-0.3, -0.25) is 14.4 Å². The van der Waals surface area contributed by atoms with E-state index in [4.69, 9.17) is 16.3 Å². The normalized spacial score (nSPS) is 16.5. The summed E-state index contributed by atoms with van der Waals surface area (Å²) in [6.45, 7) is 5.06. The molecule has 1 aliphatic heterocycles. The van der Waals surface area contributed by atoms with E-state index < -0.39 is 15.9 Å². The van der Waals surface area contributed by atoms with Gasteiger partial charge in [0.2, 0.25) is 10.0 Å². The van der Waals surface area contributed by atoms with Crippen LogP contribution in [0.4, 0.5) is 0 Å². The van der Waals surface area contributed by atoms with Crippen molar-refractivity contribution < 1.29 is 17.9 Å². The van der Waals surface area contributed by atoms with E-state index >= 15 is 0 Å². The van der Waals surface area contributed by atoms with Crippen molar-refractivity contribution >= 4 is 27.5 Å². The van der Waals surface area contributed by atoms with Crippen molar-refractivity contribution in [2.75, 3.05) is 26.3 Å². The molecule has 2 heterocycles. The summed E-state index contributed by atoms with van der Waals surface area (Å²) in [5, 5.41) is 0.178. The van der Waals surface area contributed by atoms with Crippen molar-refractivity contribution in [1.29, 1.82) is 0 Å². The summed E-state index contributed by atoms with van der Waals surface area (Å²) in [5.74, 6) is -0.441. The summed E-state index contributed by atoms with van der Waals surface area (Å²) < 4.78 is 33.8. The summed E-state index contributed by atoms with van der Waals surface area (Å²) in [4.78, 5) is 17.6. The first-order valence-corrected chi connectivity index (χ1v) is 10.8.